The molecule has 0 bridgehead atoms. The highest BCUT2D eigenvalue weighted by molar-refractivity contribution is 8.03. The van der Waals surface area contributed by atoms with Crippen LogP contribution in [-0.2, 0) is 9.59 Å². The van der Waals surface area contributed by atoms with Crippen molar-refractivity contribution in [3.63, 3.8) is 0 Å². The third-order valence-electron chi connectivity index (χ3n) is 3.72. The number of aliphatic imine (C=N–C) groups is 1. The molecule has 10 heteroatoms. The Morgan fingerprint density at radius 3 is 2.92 bits per heavy atom. The van der Waals surface area contributed by atoms with Gasteiger partial charge >= 0.3 is 11.9 Å². The van der Waals surface area contributed by atoms with Crippen LogP contribution in [0.3, 0.4) is 0 Å². The normalized spacial score (nSPS) is 19.9. The lowest BCUT2D eigenvalue weighted by molar-refractivity contribution is -0.407. The smallest absolute Gasteiger partial charge is 0.301 e. The zero-order valence-corrected chi connectivity index (χ0v) is 15.5. The number of amidine groups is 1. The standard InChI is InChI=1S/C15H15N5O3S2/c1-8-6-25-14(17-8)18-10(21)7-24-9-4-5-16-12-11(9)13(22)20(3)15(23)19(12)2/h4-6,11H,7H2,1-3H3/p+1. The van der Waals surface area contributed by atoms with E-state index in [2.05, 4.69) is 15.3 Å². The number of thioether (sulfide) groups is 1. The summed E-state index contributed by atoms with van der Waals surface area (Å²) in [6.07, 6.45) is 3.24. The van der Waals surface area contributed by atoms with Crippen LogP contribution >= 0.6 is 23.1 Å². The van der Waals surface area contributed by atoms with Gasteiger partial charge in [0, 0.05) is 10.3 Å². The summed E-state index contributed by atoms with van der Waals surface area (Å²) >= 11 is 2.62. The quantitative estimate of drug-likeness (QED) is 0.798. The lowest BCUT2D eigenvalue weighted by Gasteiger charge is -2.26. The minimum atomic E-state index is -0.655. The van der Waals surface area contributed by atoms with E-state index in [4.69, 9.17) is 0 Å². The Bertz CT molecular complexity index is 855. The van der Waals surface area contributed by atoms with E-state index in [0.29, 0.717) is 15.9 Å². The molecule has 1 unspecified atom stereocenters. The van der Waals surface area contributed by atoms with Gasteiger partial charge in [0.05, 0.1) is 25.5 Å². The Labute approximate surface area is 152 Å². The molecule has 2 aliphatic heterocycles. The summed E-state index contributed by atoms with van der Waals surface area (Å²) in [5.41, 5.74) is 0.849. The van der Waals surface area contributed by atoms with Crippen LogP contribution in [0.25, 0.3) is 0 Å². The van der Waals surface area contributed by atoms with Crippen molar-refractivity contribution >= 4 is 58.1 Å². The van der Waals surface area contributed by atoms with Gasteiger partial charge < -0.3 is 5.32 Å². The predicted molar refractivity (Wildman–Crippen MR) is 97.4 cm³/mol. The Balaban J connectivity index is 1.71. The van der Waals surface area contributed by atoms with Crippen LogP contribution in [0.5, 0.6) is 0 Å². The van der Waals surface area contributed by atoms with Crippen molar-refractivity contribution in [1.29, 1.82) is 0 Å². The molecule has 0 radical (unpaired) electrons. The summed E-state index contributed by atoms with van der Waals surface area (Å²) in [4.78, 5) is 46.7. The molecule has 0 saturated carbocycles. The summed E-state index contributed by atoms with van der Waals surface area (Å²) in [5, 5.41) is 5.13. The molecule has 8 nitrogen and oxygen atoms in total. The molecule has 4 amide bonds. The van der Waals surface area contributed by atoms with Crippen LogP contribution in [0.15, 0.2) is 21.4 Å². The molecule has 2 aliphatic rings. The highest BCUT2D eigenvalue weighted by Crippen LogP contribution is 2.31. The third kappa shape index (κ3) is 3.40. The van der Waals surface area contributed by atoms with E-state index < -0.39 is 11.9 Å². The van der Waals surface area contributed by atoms with Gasteiger partial charge in [0.2, 0.25) is 5.91 Å². The van der Waals surface area contributed by atoms with Crippen LogP contribution in [-0.4, -0.2) is 64.2 Å². The minimum Gasteiger partial charge on any atom is -0.301 e. The number of allylic oxidation sites excluding steroid dienone is 1. The maximum absolute atomic E-state index is 12.5. The lowest BCUT2D eigenvalue weighted by atomic mass is 10.0. The molecule has 1 N–H and O–H groups in total. The van der Waals surface area contributed by atoms with Crippen molar-refractivity contribution < 1.29 is 19.0 Å². The van der Waals surface area contributed by atoms with Crippen LogP contribution in [0.2, 0.25) is 0 Å². The first kappa shape index (κ1) is 17.5. The second kappa shape index (κ2) is 6.89. The number of amides is 4. The first-order valence-electron chi connectivity index (χ1n) is 7.39. The van der Waals surface area contributed by atoms with Crippen LogP contribution in [0.4, 0.5) is 9.93 Å². The fraction of sp³-hybridized carbons (Fsp3) is 0.333. The van der Waals surface area contributed by atoms with Crippen LogP contribution in [0, 0.1) is 12.8 Å². The highest BCUT2D eigenvalue weighted by atomic mass is 32.2. The Morgan fingerprint density at radius 1 is 1.48 bits per heavy atom. The number of imide groups is 1. The Morgan fingerprint density at radius 2 is 2.24 bits per heavy atom. The molecule has 3 heterocycles. The molecule has 0 aliphatic carbocycles. The van der Waals surface area contributed by atoms with E-state index in [9.17, 15) is 14.4 Å². The first-order valence-corrected chi connectivity index (χ1v) is 9.26. The summed E-state index contributed by atoms with van der Waals surface area (Å²) in [6, 6.07) is -0.420. The van der Waals surface area contributed by atoms with Gasteiger partial charge in [0.15, 0.2) is 11.0 Å². The van der Waals surface area contributed by atoms with E-state index in [1.165, 1.54) is 34.7 Å². The zero-order valence-electron chi connectivity index (χ0n) is 13.8. The lowest BCUT2D eigenvalue weighted by Crippen LogP contribution is -2.52. The van der Waals surface area contributed by atoms with Gasteiger partial charge in [-0.1, -0.05) is 0 Å². The number of carbonyl (C=O) groups excluding carboxylic acids is 3. The predicted octanol–water partition coefficient (Wildman–Crippen LogP) is 1.34. The number of rotatable bonds is 4. The number of urea groups is 1. The number of dihydropyridines is 1. The van der Waals surface area contributed by atoms with Crippen molar-refractivity contribution in [2.24, 2.45) is 10.9 Å². The number of anilines is 1. The number of hydrogen-bond donors (Lipinski definition) is 1. The maximum atomic E-state index is 12.5. The largest absolute Gasteiger partial charge is 0.445 e. The monoisotopic (exact) mass is 378 g/mol. The number of carbonyl (C=O) groups is 3. The van der Waals surface area contributed by atoms with Gasteiger partial charge in [-0.25, -0.2) is 9.78 Å². The number of fused-ring (bicyclic) bond motifs is 1. The van der Waals surface area contributed by atoms with Gasteiger partial charge in [-0.05, 0) is 13.0 Å². The van der Waals surface area contributed by atoms with E-state index in [1.54, 1.807) is 19.3 Å². The molecule has 1 aromatic heterocycles. The van der Waals surface area contributed by atoms with Crippen LogP contribution in [0.1, 0.15) is 5.69 Å². The van der Waals surface area contributed by atoms with Gasteiger partial charge in [-0.3, -0.25) is 9.59 Å². The Kier molecular flexibility index (Phi) is 4.82. The second-order valence-corrected chi connectivity index (χ2v) is 7.42. The summed E-state index contributed by atoms with van der Waals surface area (Å²) in [7, 11) is 3.02. The number of aromatic nitrogens is 1. The molecule has 1 aromatic rings. The molecule has 0 aromatic carbocycles. The van der Waals surface area contributed by atoms with Crippen LogP contribution < -0.4 is 5.32 Å². The second-order valence-electron chi connectivity index (χ2n) is 5.51. The minimum absolute atomic E-state index is 0.136. The fourth-order valence-corrected chi connectivity index (χ4v) is 4.06. The number of hydrogen-bond acceptors (Lipinski definition) is 7. The third-order valence-corrected chi connectivity index (χ3v) is 5.71. The summed E-state index contributed by atoms with van der Waals surface area (Å²) in [6.45, 7) is 1.85. The molecule has 0 spiro atoms. The topological polar surface area (TPSA) is 94.7 Å². The fourth-order valence-electron chi connectivity index (χ4n) is 2.46. The van der Waals surface area contributed by atoms with Crippen molar-refractivity contribution in [2.45, 2.75) is 6.92 Å². The van der Waals surface area contributed by atoms with Gasteiger partial charge in [0.1, 0.15) is 6.21 Å². The van der Waals surface area contributed by atoms with E-state index in [-0.39, 0.29) is 17.6 Å². The molecule has 1 atom stereocenters. The van der Waals surface area contributed by atoms with Crippen molar-refractivity contribution in [3.05, 3.63) is 22.1 Å². The van der Waals surface area contributed by atoms with Gasteiger partial charge in [-0.15, -0.1) is 28.1 Å². The van der Waals surface area contributed by atoms with E-state index >= 15 is 0 Å². The summed E-state index contributed by atoms with van der Waals surface area (Å²) < 4.78 is 1.36. The molecule has 0 fully saturated rings. The van der Waals surface area contributed by atoms with Crippen molar-refractivity contribution in [3.8, 4) is 0 Å². The molecule has 25 heavy (non-hydrogen) atoms. The molecule has 0 saturated heterocycles. The Hall–Kier alpha value is -2.33. The van der Waals surface area contributed by atoms with E-state index in [1.807, 2.05) is 12.3 Å². The van der Waals surface area contributed by atoms with Gasteiger partial charge in [-0.2, -0.15) is 9.48 Å². The first-order chi connectivity index (χ1) is 11.9. The number of aryl methyl sites for hydroxylation is 1. The summed E-state index contributed by atoms with van der Waals surface area (Å²) in [5.74, 6) is -0.682. The van der Waals surface area contributed by atoms with Gasteiger partial charge in [0.25, 0.3) is 5.84 Å². The molecular weight excluding hydrogens is 362 g/mol. The average molecular weight is 378 g/mol. The van der Waals surface area contributed by atoms with E-state index in [0.717, 1.165) is 10.6 Å². The SMILES string of the molecule is Cc1csc(NC(=O)CSC2=CC=NC3=[N+](C)C(=O)N(C)C(=O)C23)n1. The number of nitrogens with one attached hydrogen (secondary N) is 1. The molecule has 130 valence electrons. The van der Waals surface area contributed by atoms with Crippen molar-refractivity contribution in [2.75, 3.05) is 25.2 Å². The highest BCUT2D eigenvalue weighted by Gasteiger charge is 2.47. The number of thiazole rings is 1. The van der Waals surface area contributed by atoms with Crippen molar-refractivity contribution in [1.82, 2.24) is 9.88 Å². The maximum Gasteiger partial charge on any atom is 0.445 e. The zero-order chi connectivity index (χ0) is 18.1. The average Bonchev–Trinajstić information content (AvgIpc) is 3.00. The molecule has 3 rings (SSSR count). The number of nitrogens with zero attached hydrogens (tertiary/aromatic N) is 4. The molecular formula is C15H16N5O3S2+.